The van der Waals surface area contributed by atoms with E-state index in [9.17, 15) is 14.7 Å². The van der Waals surface area contributed by atoms with Crippen molar-refractivity contribution < 1.29 is 14.7 Å². The van der Waals surface area contributed by atoms with Gasteiger partial charge in [0.1, 0.15) is 6.04 Å². The van der Waals surface area contributed by atoms with Gasteiger partial charge in [0.15, 0.2) is 11.6 Å². The molecule has 0 radical (unpaired) electrons. The first kappa shape index (κ1) is 44.3. The Balaban J connectivity index is 3.98. The molecular weight excluding hydrogens is 554 g/mol. The molecule has 4 nitrogen and oxygen atoms in total. The van der Waals surface area contributed by atoms with Crippen LogP contribution in [0.3, 0.4) is 0 Å². The van der Waals surface area contributed by atoms with Crippen molar-refractivity contribution in [1.82, 2.24) is 4.90 Å². The normalized spacial score (nSPS) is 11.7. The number of carbonyl (C=O) groups is 2. The summed E-state index contributed by atoms with van der Waals surface area (Å²) in [6.45, 7) is 7.56. The Labute approximate surface area is 282 Å². The maximum atomic E-state index is 13.2. The van der Waals surface area contributed by atoms with Crippen molar-refractivity contribution in [2.24, 2.45) is 0 Å². The molecule has 0 rings (SSSR count). The first-order chi connectivity index (χ1) is 22.1. The SMILES string of the molecule is CCCCCCCCCCCCCCCCCC(=O)C(C(=O)CCCCCCCCCCCCCCCCC)N(CC)CCO. The molecule has 268 valence electrons. The van der Waals surface area contributed by atoms with E-state index in [0.29, 0.717) is 25.9 Å². The van der Waals surface area contributed by atoms with Crippen LogP contribution in [-0.4, -0.2) is 47.3 Å². The van der Waals surface area contributed by atoms with Gasteiger partial charge >= 0.3 is 0 Å². The minimum absolute atomic E-state index is 0.0111. The molecule has 0 unspecified atom stereocenters. The van der Waals surface area contributed by atoms with Gasteiger partial charge in [0.2, 0.25) is 0 Å². The highest BCUT2D eigenvalue weighted by atomic mass is 16.3. The van der Waals surface area contributed by atoms with Gasteiger partial charge in [-0.3, -0.25) is 14.5 Å². The molecule has 0 fully saturated rings. The van der Waals surface area contributed by atoms with Crippen molar-refractivity contribution in [3.05, 3.63) is 0 Å². The Morgan fingerprint density at radius 3 is 0.889 bits per heavy atom. The van der Waals surface area contributed by atoms with Crippen molar-refractivity contribution in [3.63, 3.8) is 0 Å². The van der Waals surface area contributed by atoms with Crippen molar-refractivity contribution in [1.29, 1.82) is 0 Å². The fraction of sp³-hybridized carbons (Fsp3) is 0.951. The Morgan fingerprint density at radius 2 is 0.667 bits per heavy atom. The summed E-state index contributed by atoms with van der Waals surface area (Å²) >= 11 is 0. The minimum Gasteiger partial charge on any atom is -0.395 e. The summed E-state index contributed by atoms with van der Waals surface area (Å²) < 4.78 is 0. The Kier molecular flexibility index (Phi) is 35.5. The van der Waals surface area contributed by atoms with Crippen LogP contribution in [-0.2, 0) is 9.59 Å². The first-order valence-corrected chi connectivity index (χ1v) is 20.5. The fourth-order valence-electron chi connectivity index (χ4n) is 6.80. The molecule has 0 heterocycles. The van der Waals surface area contributed by atoms with Crippen LogP contribution in [0, 0.1) is 0 Å². The van der Waals surface area contributed by atoms with E-state index in [1.54, 1.807) is 0 Å². The zero-order valence-corrected chi connectivity index (χ0v) is 31.0. The molecule has 0 aliphatic carbocycles. The van der Waals surface area contributed by atoms with E-state index in [1.807, 2.05) is 11.8 Å². The monoisotopic (exact) mass is 636 g/mol. The topological polar surface area (TPSA) is 57.6 Å². The number of unbranched alkanes of at least 4 members (excludes halogenated alkanes) is 28. The zero-order valence-electron chi connectivity index (χ0n) is 31.0. The highest BCUT2D eigenvalue weighted by Crippen LogP contribution is 2.17. The van der Waals surface area contributed by atoms with Crippen LogP contribution >= 0.6 is 0 Å². The van der Waals surface area contributed by atoms with E-state index in [2.05, 4.69) is 13.8 Å². The third-order valence-corrected chi connectivity index (χ3v) is 9.82. The van der Waals surface area contributed by atoms with Crippen molar-refractivity contribution in [3.8, 4) is 0 Å². The predicted molar refractivity (Wildman–Crippen MR) is 197 cm³/mol. The molecule has 1 N–H and O–H groups in total. The van der Waals surface area contributed by atoms with Crippen LogP contribution in [0.5, 0.6) is 0 Å². The maximum absolute atomic E-state index is 13.2. The summed E-state index contributed by atoms with van der Waals surface area (Å²) in [5.74, 6) is 0.150. The Bertz CT molecular complexity index is 576. The lowest BCUT2D eigenvalue weighted by molar-refractivity contribution is -0.135. The first-order valence-electron chi connectivity index (χ1n) is 20.5. The summed E-state index contributed by atoms with van der Waals surface area (Å²) in [7, 11) is 0. The van der Waals surface area contributed by atoms with Gasteiger partial charge in [-0.1, -0.05) is 201 Å². The number of hydrogen-bond acceptors (Lipinski definition) is 4. The number of aliphatic hydroxyl groups is 1. The summed E-state index contributed by atoms with van der Waals surface area (Å²) in [4.78, 5) is 28.3. The second kappa shape index (κ2) is 36.1. The van der Waals surface area contributed by atoms with E-state index in [-0.39, 0.29) is 18.2 Å². The molecule has 0 atom stereocenters. The predicted octanol–water partition coefficient (Wildman–Crippen LogP) is 12.3. The summed E-state index contributed by atoms with van der Waals surface area (Å²) in [6, 6.07) is -0.652. The Hall–Kier alpha value is -0.740. The van der Waals surface area contributed by atoms with Gasteiger partial charge in [0.25, 0.3) is 0 Å². The molecule has 0 spiro atoms. The fourth-order valence-corrected chi connectivity index (χ4v) is 6.80. The lowest BCUT2D eigenvalue weighted by Crippen LogP contribution is -2.47. The van der Waals surface area contributed by atoms with E-state index >= 15 is 0 Å². The number of rotatable bonds is 38. The summed E-state index contributed by atoms with van der Waals surface area (Å²) in [5.41, 5.74) is 0. The number of carbonyl (C=O) groups excluding carboxylic acids is 2. The second-order valence-electron chi connectivity index (χ2n) is 14.1. The van der Waals surface area contributed by atoms with Gasteiger partial charge in [-0.15, -0.1) is 0 Å². The summed E-state index contributed by atoms with van der Waals surface area (Å²) in [6.07, 6.45) is 40.2. The van der Waals surface area contributed by atoms with Crippen molar-refractivity contribution >= 4 is 11.6 Å². The van der Waals surface area contributed by atoms with Crippen molar-refractivity contribution in [2.45, 2.75) is 232 Å². The molecular formula is C41H81NO3. The number of aliphatic hydroxyl groups excluding tert-OH is 1. The number of Topliss-reactive ketones (excluding diaryl/α,β-unsaturated/α-hetero) is 2. The lowest BCUT2D eigenvalue weighted by atomic mass is 9.96. The number of nitrogens with zero attached hydrogens (tertiary/aromatic N) is 1. The van der Waals surface area contributed by atoms with E-state index in [1.165, 1.54) is 167 Å². The van der Waals surface area contributed by atoms with Crippen LogP contribution in [0.15, 0.2) is 0 Å². The number of likely N-dealkylation sites (N-methyl/N-ethyl adjacent to an activating group) is 1. The van der Waals surface area contributed by atoms with Crippen LogP contribution < -0.4 is 0 Å². The average molecular weight is 636 g/mol. The quantitative estimate of drug-likeness (QED) is 0.0541. The maximum Gasteiger partial charge on any atom is 0.157 e. The van der Waals surface area contributed by atoms with Gasteiger partial charge in [-0.05, 0) is 19.4 Å². The smallest absolute Gasteiger partial charge is 0.157 e. The minimum atomic E-state index is -0.652. The van der Waals surface area contributed by atoms with E-state index < -0.39 is 6.04 Å². The van der Waals surface area contributed by atoms with Gasteiger partial charge < -0.3 is 5.11 Å². The molecule has 0 saturated heterocycles. The third kappa shape index (κ3) is 29.2. The van der Waals surface area contributed by atoms with Gasteiger partial charge in [0.05, 0.1) is 6.61 Å². The molecule has 0 aromatic carbocycles. The van der Waals surface area contributed by atoms with Crippen LogP contribution in [0.1, 0.15) is 226 Å². The zero-order chi connectivity index (χ0) is 33.1. The molecule has 0 aliphatic rings. The number of hydrogen-bond donors (Lipinski definition) is 1. The molecule has 0 aromatic heterocycles. The third-order valence-electron chi connectivity index (χ3n) is 9.82. The highest BCUT2D eigenvalue weighted by Gasteiger charge is 2.30. The second-order valence-corrected chi connectivity index (χ2v) is 14.1. The van der Waals surface area contributed by atoms with E-state index in [4.69, 9.17) is 0 Å². The molecule has 0 aromatic rings. The van der Waals surface area contributed by atoms with E-state index in [0.717, 1.165) is 25.7 Å². The standard InChI is InChI=1S/C41H81NO3/c1-4-7-9-11-13-15-17-19-21-23-25-27-29-31-33-35-39(44)41(42(6-3)37-38-43)40(45)36-34-32-30-28-26-24-22-20-18-16-14-12-10-8-5-2/h41,43H,4-38H2,1-3H3. The van der Waals surface area contributed by atoms with Gasteiger partial charge in [-0.2, -0.15) is 0 Å². The molecule has 0 amide bonds. The number of ketones is 2. The van der Waals surface area contributed by atoms with Crippen molar-refractivity contribution in [2.75, 3.05) is 19.7 Å². The van der Waals surface area contributed by atoms with Gasteiger partial charge in [0, 0.05) is 19.4 Å². The lowest BCUT2D eigenvalue weighted by Gasteiger charge is -2.28. The molecule has 4 heteroatoms. The van der Waals surface area contributed by atoms with Crippen LogP contribution in [0.2, 0.25) is 0 Å². The van der Waals surface area contributed by atoms with Gasteiger partial charge in [-0.25, -0.2) is 0 Å². The highest BCUT2D eigenvalue weighted by molar-refractivity contribution is 6.06. The summed E-state index contributed by atoms with van der Waals surface area (Å²) in [5, 5.41) is 9.55. The van der Waals surface area contributed by atoms with Crippen LogP contribution in [0.25, 0.3) is 0 Å². The largest absolute Gasteiger partial charge is 0.395 e. The Morgan fingerprint density at radius 1 is 0.422 bits per heavy atom. The average Bonchev–Trinajstić information content (AvgIpc) is 3.04. The molecule has 0 bridgehead atoms. The molecule has 0 aliphatic heterocycles. The molecule has 0 saturated carbocycles. The van der Waals surface area contributed by atoms with Crippen LogP contribution in [0.4, 0.5) is 0 Å². The molecule has 45 heavy (non-hydrogen) atoms.